The molecule has 30 heavy (non-hydrogen) atoms. The number of anilines is 2. The number of nitrogens with zero attached hydrogens (tertiary/aromatic N) is 2. The summed E-state index contributed by atoms with van der Waals surface area (Å²) in [7, 11) is 0. The summed E-state index contributed by atoms with van der Waals surface area (Å²) >= 11 is 6.15. The number of carbonyl (C=O) groups excluding carboxylic acids is 2. The number of ether oxygens (including phenoxy) is 1. The SMILES string of the molecule is CC(NC(=O)c1ccc(Cl)cc1N1CCCC1=O)c1ccc(N2CCOCC2)cc1. The van der Waals surface area contributed by atoms with Gasteiger partial charge in [0, 0.05) is 36.8 Å². The highest BCUT2D eigenvalue weighted by molar-refractivity contribution is 6.31. The Labute approximate surface area is 181 Å². The third-order valence-corrected chi connectivity index (χ3v) is 5.92. The minimum atomic E-state index is -0.217. The Morgan fingerprint density at radius 3 is 2.50 bits per heavy atom. The lowest BCUT2D eigenvalue weighted by Crippen LogP contribution is -2.36. The second-order valence-corrected chi connectivity index (χ2v) is 8.13. The highest BCUT2D eigenvalue weighted by Crippen LogP contribution is 2.29. The number of amides is 2. The first-order chi connectivity index (χ1) is 14.5. The second kappa shape index (κ2) is 9.06. The summed E-state index contributed by atoms with van der Waals surface area (Å²) < 4.78 is 5.41. The Morgan fingerprint density at radius 2 is 1.83 bits per heavy atom. The van der Waals surface area contributed by atoms with Gasteiger partial charge in [0.05, 0.1) is 30.5 Å². The molecular weight excluding hydrogens is 402 g/mol. The number of hydrogen-bond acceptors (Lipinski definition) is 4. The third kappa shape index (κ3) is 4.45. The monoisotopic (exact) mass is 427 g/mol. The van der Waals surface area contributed by atoms with Gasteiger partial charge >= 0.3 is 0 Å². The number of hydrogen-bond donors (Lipinski definition) is 1. The minimum Gasteiger partial charge on any atom is -0.378 e. The van der Waals surface area contributed by atoms with Crippen molar-refractivity contribution in [1.82, 2.24) is 5.32 Å². The fourth-order valence-electron chi connectivity index (χ4n) is 3.98. The average molecular weight is 428 g/mol. The highest BCUT2D eigenvalue weighted by Gasteiger charge is 2.26. The van der Waals surface area contributed by atoms with E-state index < -0.39 is 0 Å². The van der Waals surface area contributed by atoms with Gasteiger partial charge in [-0.2, -0.15) is 0 Å². The van der Waals surface area contributed by atoms with Gasteiger partial charge in [-0.1, -0.05) is 23.7 Å². The number of carbonyl (C=O) groups is 2. The van der Waals surface area contributed by atoms with E-state index in [0.717, 1.165) is 44.0 Å². The predicted octanol–water partition coefficient (Wildman–Crippen LogP) is 3.79. The number of morpholine rings is 1. The van der Waals surface area contributed by atoms with Crippen LogP contribution < -0.4 is 15.1 Å². The molecule has 4 rings (SSSR count). The molecule has 0 aromatic heterocycles. The lowest BCUT2D eigenvalue weighted by Gasteiger charge is -2.29. The van der Waals surface area contributed by atoms with Crippen LogP contribution in [0.5, 0.6) is 0 Å². The molecule has 2 aromatic carbocycles. The van der Waals surface area contributed by atoms with Crippen molar-refractivity contribution in [2.75, 3.05) is 42.6 Å². The molecule has 2 fully saturated rings. The van der Waals surface area contributed by atoms with Gasteiger partial charge in [0.2, 0.25) is 5.91 Å². The van der Waals surface area contributed by atoms with E-state index >= 15 is 0 Å². The molecule has 2 heterocycles. The topological polar surface area (TPSA) is 61.9 Å². The summed E-state index contributed by atoms with van der Waals surface area (Å²) in [6.07, 6.45) is 1.29. The van der Waals surface area contributed by atoms with E-state index in [1.807, 2.05) is 19.1 Å². The fourth-order valence-corrected chi connectivity index (χ4v) is 4.14. The van der Waals surface area contributed by atoms with Crippen LogP contribution in [0.25, 0.3) is 0 Å². The Hall–Kier alpha value is -2.57. The van der Waals surface area contributed by atoms with E-state index in [1.165, 1.54) is 0 Å². The molecule has 158 valence electrons. The maximum absolute atomic E-state index is 13.0. The molecule has 2 saturated heterocycles. The summed E-state index contributed by atoms with van der Waals surface area (Å²) in [6.45, 7) is 5.84. The van der Waals surface area contributed by atoms with E-state index in [2.05, 4.69) is 22.3 Å². The van der Waals surface area contributed by atoms with Gasteiger partial charge in [-0.25, -0.2) is 0 Å². The zero-order chi connectivity index (χ0) is 21.1. The summed E-state index contributed by atoms with van der Waals surface area (Å²) in [6, 6.07) is 13.1. The van der Waals surface area contributed by atoms with Gasteiger partial charge in [-0.05, 0) is 49.2 Å². The van der Waals surface area contributed by atoms with Crippen LogP contribution in [0.1, 0.15) is 41.7 Å². The lowest BCUT2D eigenvalue weighted by atomic mass is 10.1. The normalized spacial score (nSPS) is 17.9. The molecule has 1 N–H and O–H groups in total. The Kier molecular flexibility index (Phi) is 6.25. The van der Waals surface area contributed by atoms with Crippen LogP contribution in [0.2, 0.25) is 5.02 Å². The van der Waals surface area contributed by atoms with E-state index in [1.54, 1.807) is 23.1 Å². The van der Waals surface area contributed by atoms with Crippen molar-refractivity contribution in [2.24, 2.45) is 0 Å². The molecular formula is C23H26ClN3O3. The predicted molar refractivity (Wildman–Crippen MR) is 118 cm³/mol. The van der Waals surface area contributed by atoms with Crippen LogP contribution in [0.3, 0.4) is 0 Å². The quantitative estimate of drug-likeness (QED) is 0.788. The standard InChI is InChI=1S/C23H26ClN3O3/c1-16(17-4-7-19(8-5-17)26-11-13-30-14-12-26)25-23(29)20-9-6-18(24)15-21(20)27-10-2-3-22(27)28/h4-9,15-16H,2-3,10-14H2,1H3,(H,25,29). The lowest BCUT2D eigenvalue weighted by molar-refractivity contribution is -0.117. The highest BCUT2D eigenvalue weighted by atomic mass is 35.5. The molecule has 2 aliphatic rings. The van der Waals surface area contributed by atoms with E-state index in [-0.39, 0.29) is 17.9 Å². The van der Waals surface area contributed by atoms with Gasteiger partial charge in [0.1, 0.15) is 0 Å². The molecule has 2 aromatic rings. The molecule has 0 spiro atoms. The van der Waals surface area contributed by atoms with Crippen molar-refractivity contribution in [1.29, 1.82) is 0 Å². The first-order valence-corrected chi connectivity index (χ1v) is 10.7. The van der Waals surface area contributed by atoms with Gasteiger partial charge in [0.25, 0.3) is 5.91 Å². The Morgan fingerprint density at radius 1 is 1.10 bits per heavy atom. The maximum Gasteiger partial charge on any atom is 0.253 e. The largest absolute Gasteiger partial charge is 0.378 e. The van der Waals surface area contributed by atoms with Crippen LogP contribution >= 0.6 is 11.6 Å². The molecule has 6 nitrogen and oxygen atoms in total. The van der Waals surface area contributed by atoms with Gasteiger partial charge < -0.3 is 19.9 Å². The smallest absolute Gasteiger partial charge is 0.253 e. The van der Waals surface area contributed by atoms with Crippen molar-refractivity contribution in [3.8, 4) is 0 Å². The zero-order valence-electron chi connectivity index (χ0n) is 17.1. The van der Waals surface area contributed by atoms with Crippen molar-refractivity contribution in [2.45, 2.75) is 25.8 Å². The average Bonchev–Trinajstić information content (AvgIpc) is 3.20. The van der Waals surface area contributed by atoms with E-state index in [4.69, 9.17) is 16.3 Å². The fraction of sp³-hybridized carbons (Fsp3) is 0.391. The van der Waals surface area contributed by atoms with Crippen LogP contribution in [0, 0.1) is 0 Å². The van der Waals surface area contributed by atoms with Crippen LogP contribution in [-0.4, -0.2) is 44.7 Å². The van der Waals surface area contributed by atoms with E-state index in [9.17, 15) is 9.59 Å². The molecule has 1 unspecified atom stereocenters. The molecule has 0 bridgehead atoms. The van der Waals surface area contributed by atoms with Crippen molar-refractivity contribution in [3.63, 3.8) is 0 Å². The molecule has 0 saturated carbocycles. The van der Waals surface area contributed by atoms with Gasteiger partial charge in [0.15, 0.2) is 0 Å². The van der Waals surface area contributed by atoms with Crippen molar-refractivity contribution < 1.29 is 14.3 Å². The maximum atomic E-state index is 13.0. The summed E-state index contributed by atoms with van der Waals surface area (Å²) in [5, 5.41) is 3.56. The van der Waals surface area contributed by atoms with Gasteiger partial charge in [-0.15, -0.1) is 0 Å². The first kappa shape index (κ1) is 20.7. The zero-order valence-corrected chi connectivity index (χ0v) is 17.8. The molecule has 7 heteroatoms. The van der Waals surface area contributed by atoms with Crippen LogP contribution in [0.4, 0.5) is 11.4 Å². The second-order valence-electron chi connectivity index (χ2n) is 7.70. The van der Waals surface area contributed by atoms with Crippen molar-refractivity contribution >= 4 is 34.8 Å². The van der Waals surface area contributed by atoms with Crippen LogP contribution in [-0.2, 0) is 9.53 Å². The molecule has 2 amide bonds. The molecule has 0 radical (unpaired) electrons. The van der Waals surface area contributed by atoms with Gasteiger partial charge in [-0.3, -0.25) is 9.59 Å². The molecule has 2 aliphatic heterocycles. The van der Waals surface area contributed by atoms with Crippen LogP contribution in [0.15, 0.2) is 42.5 Å². The summed E-state index contributed by atoms with van der Waals surface area (Å²) in [5.74, 6) is -0.191. The molecule has 1 atom stereocenters. The first-order valence-electron chi connectivity index (χ1n) is 10.4. The number of nitrogens with one attached hydrogen (secondary N) is 1. The summed E-state index contributed by atoms with van der Waals surface area (Å²) in [4.78, 5) is 29.2. The minimum absolute atomic E-state index is 0.0260. The number of rotatable bonds is 5. The Balaban J connectivity index is 1.48. The number of halogens is 1. The summed E-state index contributed by atoms with van der Waals surface area (Å²) in [5.41, 5.74) is 3.23. The third-order valence-electron chi connectivity index (χ3n) is 5.69. The molecule has 0 aliphatic carbocycles. The number of benzene rings is 2. The Bertz CT molecular complexity index is 926. The van der Waals surface area contributed by atoms with Crippen molar-refractivity contribution in [3.05, 3.63) is 58.6 Å². The van der Waals surface area contributed by atoms with E-state index in [0.29, 0.717) is 29.2 Å².